The third-order valence-corrected chi connectivity index (χ3v) is 2.48. The smallest absolute Gasteiger partial charge is 0.345 e. The first-order valence-corrected chi connectivity index (χ1v) is 6.39. The van der Waals surface area contributed by atoms with Crippen LogP contribution in [-0.2, 0) is 19.1 Å². The number of aromatic carboxylic acids is 1. The molecule has 0 atom stereocenters. The van der Waals surface area contributed by atoms with Crippen LogP contribution in [-0.4, -0.2) is 36.2 Å². The lowest BCUT2D eigenvalue weighted by molar-refractivity contribution is -0.146. The first kappa shape index (κ1) is 16.4. The highest BCUT2D eigenvalue weighted by atomic mass is 16.6. The summed E-state index contributed by atoms with van der Waals surface area (Å²) in [7, 11) is 0. The molecule has 0 saturated heterocycles. The molecule has 0 aromatic heterocycles. The van der Waals surface area contributed by atoms with Crippen LogP contribution in [0.4, 0.5) is 0 Å². The molecule has 6 nitrogen and oxygen atoms in total. The topological polar surface area (TPSA) is 89.9 Å². The summed E-state index contributed by atoms with van der Waals surface area (Å²) in [5.41, 5.74) is -0.142. The van der Waals surface area contributed by atoms with Crippen LogP contribution in [0.1, 0.15) is 29.8 Å². The van der Waals surface area contributed by atoms with Crippen LogP contribution < -0.4 is 0 Å². The predicted octanol–water partition coefficient (Wildman–Crippen LogP) is 1.89. The zero-order chi connectivity index (χ0) is 15.8. The molecule has 0 saturated carbocycles. The average molecular weight is 292 g/mol. The monoisotopic (exact) mass is 292 g/mol. The van der Waals surface area contributed by atoms with E-state index in [4.69, 9.17) is 14.6 Å². The second-order valence-corrected chi connectivity index (χ2v) is 3.89. The summed E-state index contributed by atoms with van der Waals surface area (Å²) in [6.45, 7) is 3.39. The van der Waals surface area contributed by atoms with Crippen molar-refractivity contribution in [1.82, 2.24) is 0 Å². The molecular weight excluding hydrogens is 276 g/mol. The number of carboxylic acids is 1. The minimum absolute atomic E-state index is 0.0244. The fourth-order valence-corrected chi connectivity index (χ4v) is 1.59. The molecule has 0 spiro atoms. The summed E-state index contributed by atoms with van der Waals surface area (Å²) in [6.07, 6.45) is 1.17. The highest BCUT2D eigenvalue weighted by Gasteiger charge is 2.22. The summed E-state index contributed by atoms with van der Waals surface area (Å²) in [4.78, 5) is 34.7. The highest BCUT2D eigenvalue weighted by Crippen LogP contribution is 2.15. The van der Waals surface area contributed by atoms with Gasteiger partial charge in [-0.25, -0.2) is 14.4 Å². The minimum Gasteiger partial charge on any atom is -0.478 e. The van der Waals surface area contributed by atoms with Gasteiger partial charge in [0.05, 0.1) is 18.8 Å². The fraction of sp³-hybridized carbons (Fsp3) is 0.267. The number of carboxylic acid groups (broad SMARTS) is 1. The molecule has 1 aromatic rings. The number of hydrogen-bond acceptors (Lipinski definition) is 5. The molecule has 0 unspecified atom stereocenters. The van der Waals surface area contributed by atoms with E-state index in [-0.39, 0.29) is 29.9 Å². The molecule has 0 aliphatic carbocycles. The Morgan fingerprint density at radius 1 is 1.05 bits per heavy atom. The van der Waals surface area contributed by atoms with E-state index in [9.17, 15) is 14.4 Å². The normalized spacial score (nSPS) is 9.62. The van der Waals surface area contributed by atoms with Crippen molar-refractivity contribution >= 4 is 24.0 Å². The Balaban J connectivity index is 3.28. The summed E-state index contributed by atoms with van der Waals surface area (Å²) >= 11 is 0. The second-order valence-electron chi connectivity index (χ2n) is 3.89. The summed E-state index contributed by atoms with van der Waals surface area (Å²) in [5.74, 6) is -2.86. The molecule has 0 bridgehead atoms. The molecule has 1 N–H and O–H groups in total. The first-order valence-electron chi connectivity index (χ1n) is 6.39. The van der Waals surface area contributed by atoms with Gasteiger partial charge in [-0.05, 0) is 31.6 Å². The third-order valence-electron chi connectivity index (χ3n) is 2.48. The van der Waals surface area contributed by atoms with Crippen molar-refractivity contribution in [3.63, 3.8) is 0 Å². The molecule has 21 heavy (non-hydrogen) atoms. The molecule has 112 valence electrons. The van der Waals surface area contributed by atoms with Gasteiger partial charge in [0.2, 0.25) is 0 Å². The van der Waals surface area contributed by atoms with Gasteiger partial charge in [0.1, 0.15) is 5.57 Å². The van der Waals surface area contributed by atoms with Gasteiger partial charge < -0.3 is 14.6 Å². The molecule has 0 fully saturated rings. The van der Waals surface area contributed by atoms with E-state index >= 15 is 0 Å². The molecule has 1 aromatic carbocycles. The summed E-state index contributed by atoms with van der Waals surface area (Å²) in [5, 5.41) is 9.10. The maximum absolute atomic E-state index is 11.8. The lowest BCUT2D eigenvalue weighted by atomic mass is 10.0. The van der Waals surface area contributed by atoms with Gasteiger partial charge in [-0.3, -0.25) is 0 Å². The molecule has 0 heterocycles. The Bertz CT molecular complexity index is 553. The molecule has 0 radical (unpaired) electrons. The van der Waals surface area contributed by atoms with Crippen molar-refractivity contribution in [3.05, 3.63) is 41.0 Å². The number of ether oxygens (including phenoxy) is 2. The number of esters is 2. The van der Waals surface area contributed by atoms with Crippen LogP contribution in [0.5, 0.6) is 0 Å². The minimum atomic E-state index is -1.16. The Morgan fingerprint density at radius 3 is 2.05 bits per heavy atom. The Labute approximate surface area is 122 Å². The zero-order valence-electron chi connectivity index (χ0n) is 11.8. The van der Waals surface area contributed by atoms with Crippen LogP contribution in [0, 0.1) is 0 Å². The van der Waals surface area contributed by atoms with Gasteiger partial charge in [0.25, 0.3) is 0 Å². The van der Waals surface area contributed by atoms with E-state index in [1.165, 1.54) is 18.2 Å². The number of carbonyl (C=O) groups excluding carboxylic acids is 2. The largest absolute Gasteiger partial charge is 0.478 e. The molecule has 6 heteroatoms. The van der Waals surface area contributed by atoms with Gasteiger partial charge in [-0.1, -0.05) is 18.2 Å². The quantitative estimate of drug-likeness (QED) is 0.373. The third kappa shape index (κ3) is 4.45. The maximum atomic E-state index is 11.8. The first-order chi connectivity index (χ1) is 10.0. The van der Waals surface area contributed by atoms with Gasteiger partial charge in [-0.15, -0.1) is 0 Å². The predicted molar refractivity (Wildman–Crippen MR) is 74.6 cm³/mol. The number of carbonyl (C=O) groups is 3. The van der Waals surface area contributed by atoms with Gasteiger partial charge in [0.15, 0.2) is 0 Å². The Hall–Kier alpha value is -2.63. The summed E-state index contributed by atoms with van der Waals surface area (Å²) < 4.78 is 9.58. The van der Waals surface area contributed by atoms with Crippen LogP contribution >= 0.6 is 0 Å². The molecule has 0 aliphatic heterocycles. The van der Waals surface area contributed by atoms with E-state index in [0.29, 0.717) is 0 Å². The van der Waals surface area contributed by atoms with E-state index in [2.05, 4.69) is 0 Å². The van der Waals surface area contributed by atoms with E-state index in [1.807, 2.05) is 0 Å². The van der Waals surface area contributed by atoms with E-state index < -0.39 is 17.9 Å². The van der Waals surface area contributed by atoms with Crippen molar-refractivity contribution in [2.75, 3.05) is 13.2 Å². The second kappa shape index (κ2) is 7.84. The van der Waals surface area contributed by atoms with Gasteiger partial charge in [0, 0.05) is 0 Å². The van der Waals surface area contributed by atoms with E-state index in [1.54, 1.807) is 26.0 Å². The zero-order valence-corrected chi connectivity index (χ0v) is 11.8. The number of rotatable bonds is 6. The lowest BCUT2D eigenvalue weighted by Gasteiger charge is -2.07. The van der Waals surface area contributed by atoms with Crippen molar-refractivity contribution in [2.45, 2.75) is 13.8 Å². The summed E-state index contributed by atoms with van der Waals surface area (Å²) in [6, 6.07) is 6.02. The van der Waals surface area contributed by atoms with Crippen molar-refractivity contribution in [2.24, 2.45) is 0 Å². The average Bonchev–Trinajstić information content (AvgIpc) is 2.45. The Kier molecular flexibility index (Phi) is 6.13. The van der Waals surface area contributed by atoms with Crippen LogP contribution in [0.2, 0.25) is 0 Å². The molecule has 1 rings (SSSR count). The van der Waals surface area contributed by atoms with Crippen LogP contribution in [0.15, 0.2) is 29.8 Å². The molecule has 0 aliphatic rings. The highest BCUT2D eigenvalue weighted by molar-refractivity contribution is 6.18. The molecular formula is C15H16O6. The standard InChI is InChI=1S/C15H16O6/c1-3-20-14(18)12(15(19)21-4-2)9-10-7-5-6-8-11(10)13(16)17/h5-9H,3-4H2,1-2H3,(H,16,17). The van der Waals surface area contributed by atoms with E-state index in [0.717, 1.165) is 0 Å². The lowest BCUT2D eigenvalue weighted by Crippen LogP contribution is -2.18. The van der Waals surface area contributed by atoms with Crippen LogP contribution in [0.25, 0.3) is 6.08 Å². The number of benzene rings is 1. The van der Waals surface area contributed by atoms with Gasteiger partial charge in [-0.2, -0.15) is 0 Å². The van der Waals surface area contributed by atoms with Crippen LogP contribution in [0.3, 0.4) is 0 Å². The Morgan fingerprint density at radius 2 is 1.57 bits per heavy atom. The van der Waals surface area contributed by atoms with Crippen molar-refractivity contribution in [1.29, 1.82) is 0 Å². The van der Waals surface area contributed by atoms with Crippen molar-refractivity contribution in [3.8, 4) is 0 Å². The van der Waals surface area contributed by atoms with Gasteiger partial charge >= 0.3 is 17.9 Å². The van der Waals surface area contributed by atoms with Crippen molar-refractivity contribution < 1.29 is 29.0 Å². The fourth-order valence-electron chi connectivity index (χ4n) is 1.59. The molecule has 0 amide bonds. The number of hydrogen-bond donors (Lipinski definition) is 1. The maximum Gasteiger partial charge on any atom is 0.345 e. The SMILES string of the molecule is CCOC(=O)C(=Cc1ccccc1C(=O)O)C(=O)OCC.